The van der Waals surface area contributed by atoms with E-state index < -0.39 is 0 Å². The second kappa shape index (κ2) is 8.85. The fourth-order valence-electron chi connectivity index (χ4n) is 3.80. The molecule has 0 radical (unpaired) electrons. The molecule has 2 heterocycles. The average molecular weight is 421 g/mol. The van der Waals surface area contributed by atoms with Crippen molar-refractivity contribution in [3.8, 4) is 6.07 Å². The highest BCUT2D eigenvalue weighted by Gasteiger charge is 2.30. The SMILES string of the molecule is Cc1cc(C#N)oc1/C=N\C(=C\Br)NC1CCC(N2CCC(O)C2)CC1. The fraction of sp³-hybridized carbons (Fsp3) is 0.579. The van der Waals surface area contributed by atoms with Gasteiger partial charge in [0, 0.05) is 30.2 Å². The van der Waals surface area contributed by atoms with Gasteiger partial charge in [-0.3, -0.25) is 4.90 Å². The molecule has 1 saturated heterocycles. The molecular formula is C19H25BrN4O2. The Morgan fingerprint density at radius 1 is 1.42 bits per heavy atom. The molecule has 2 fully saturated rings. The Bertz CT molecular complexity index is 714. The number of hydrogen-bond donors (Lipinski definition) is 2. The van der Waals surface area contributed by atoms with Gasteiger partial charge in [-0.2, -0.15) is 5.26 Å². The first kappa shape index (κ1) is 19.2. The van der Waals surface area contributed by atoms with Crippen LogP contribution in [0, 0.1) is 18.3 Å². The first-order chi connectivity index (χ1) is 12.6. The van der Waals surface area contributed by atoms with Crippen molar-refractivity contribution in [3.63, 3.8) is 0 Å². The number of hydrogen-bond acceptors (Lipinski definition) is 6. The normalized spacial score (nSPS) is 27.8. The minimum absolute atomic E-state index is 0.144. The predicted molar refractivity (Wildman–Crippen MR) is 104 cm³/mol. The zero-order valence-electron chi connectivity index (χ0n) is 15.0. The summed E-state index contributed by atoms with van der Waals surface area (Å²) in [6.45, 7) is 3.74. The van der Waals surface area contributed by atoms with Gasteiger partial charge in [-0.1, -0.05) is 15.9 Å². The van der Waals surface area contributed by atoms with E-state index in [0.717, 1.165) is 56.6 Å². The quantitative estimate of drug-likeness (QED) is 0.714. The minimum Gasteiger partial charge on any atom is -0.444 e. The van der Waals surface area contributed by atoms with Crippen molar-refractivity contribution < 1.29 is 9.52 Å². The van der Waals surface area contributed by atoms with Crippen LogP contribution in [0.3, 0.4) is 0 Å². The number of nitriles is 1. The molecule has 7 heteroatoms. The number of halogens is 1. The summed E-state index contributed by atoms with van der Waals surface area (Å²) in [7, 11) is 0. The molecule has 1 saturated carbocycles. The third-order valence-electron chi connectivity index (χ3n) is 5.25. The number of β-amino-alcohol motifs (C(OH)–C–C–N with tert-alkyl or cyclic N) is 1. The van der Waals surface area contributed by atoms with E-state index in [9.17, 15) is 5.11 Å². The number of likely N-dealkylation sites (tertiary alicyclic amines) is 1. The lowest BCUT2D eigenvalue weighted by Crippen LogP contribution is -2.41. The molecule has 2 N–H and O–H groups in total. The highest BCUT2D eigenvalue weighted by atomic mass is 79.9. The number of nitrogens with one attached hydrogen (secondary N) is 1. The number of aliphatic imine (C=N–C) groups is 1. The molecule has 1 unspecified atom stereocenters. The molecule has 140 valence electrons. The molecule has 1 aromatic rings. The molecule has 0 spiro atoms. The van der Waals surface area contributed by atoms with Gasteiger partial charge in [0.05, 0.1) is 12.3 Å². The van der Waals surface area contributed by atoms with E-state index in [1.165, 1.54) is 0 Å². The van der Waals surface area contributed by atoms with E-state index in [1.54, 1.807) is 17.3 Å². The summed E-state index contributed by atoms with van der Waals surface area (Å²) < 4.78 is 5.42. The van der Waals surface area contributed by atoms with E-state index in [-0.39, 0.29) is 6.10 Å². The maximum Gasteiger partial charge on any atom is 0.204 e. The Morgan fingerprint density at radius 2 is 2.19 bits per heavy atom. The van der Waals surface area contributed by atoms with Gasteiger partial charge in [0.25, 0.3) is 0 Å². The lowest BCUT2D eigenvalue weighted by molar-refractivity contribution is 0.136. The molecular weight excluding hydrogens is 396 g/mol. The van der Waals surface area contributed by atoms with Crippen molar-refractivity contribution in [1.82, 2.24) is 10.2 Å². The van der Waals surface area contributed by atoms with Gasteiger partial charge in [0.2, 0.25) is 5.76 Å². The lowest BCUT2D eigenvalue weighted by Gasteiger charge is -2.35. The van der Waals surface area contributed by atoms with Gasteiger partial charge in [-0.05, 0) is 50.7 Å². The monoisotopic (exact) mass is 420 g/mol. The highest BCUT2D eigenvalue weighted by molar-refractivity contribution is 9.11. The standard InChI is InChI=1S/C19H25BrN4O2/c1-13-8-17(10-21)26-18(13)11-22-19(9-20)23-14-2-4-15(5-3-14)24-7-6-16(25)12-24/h8-9,11,14-16,23,25H,2-7,12H2,1H3/b19-9-,22-11-. The van der Waals surface area contributed by atoms with Crippen molar-refractivity contribution in [1.29, 1.82) is 5.26 Å². The van der Waals surface area contributed by atoms with Crippen molar-refractivity contribution >= 4 is 22.1 Å². The topological polar surface area (TPSA) is 84.8 Å². The van der Waals surface area contributed by atoms with Crippen LogP contribution in [-0.2, 0) is 0 Å². The van der Waals surface area contributed by atoms with E-state index in [0.29, 0.717) is 23.6 Å². The smallest absolute Gasteiger partial charge is 0.204 e. The Kier molecular flexibility index (Phi) is 6.52. The molecule has 0 amide bonds. The first-order valence-corrected chi connectivity index (χ1v) is 10.0. The number of aliphatic hydroxyl groups is 1. The van der Waals surface area contributed by atoms with Crippen LogP contribution in [0.4, 0.5) is 0 Å². The largest absolute Gasteiger partial charge is 0.444 e. The number of rotatable bonds is 5. The third-order valence-corrected chi connectivity index (χ3v) is 5.68. The van der Waals surface area contributed by atoms with Crippen LogP contribution < -0.4 is 5.32 Å². The van der Waals surface area contributed by atoms with Gasteiger partial charge in [0.15, 0.2) is 0 Å². The summed E-state index contributed by atoms with van der Waals surface area (Å²) in [5.41, 5.74) is 0.896. The Hall–Kier alpha value is -1.62. The lowest BCUT2D eigenvalue weighted by atomic mass is 9.90. The molecule has 1 atom stereocenters. The average Bonchev–Trinajstić information content (AvgIpc) is 3.24. The second-order valence-corrected chi connectivity index (χ2v) is 7.57. The number of aliphatic hydroxyl groups excluding tert-OH is 1. The molecule has 0 bridgehead atoms. The Morgan fingerprint density at radius 3 is 2.77 bits per heavy atom. The van der Waals surface area contributed by atoms with Crippen LogP contribution >= 0.6 is 15.9 Å². The maximum absolute atomic E-state index is 9.71. The van der Waals surface area contributed by atoms with Gasteiger partial charge in [-0.15, -0.1) is 0 Å². The molecule has 3 rings (SSSR count). The molecule has 1 aromatic heterocycles. The Balaban J connectivity index is 1.51. The van der Waals surface area contributed by atoms with E-state index in [1.807, 2.05) is 13.0 Å². The van der Waals surface area contributed by atoms with Gasteiger partial charge >= 0.3 is 0 Å². The zero-order valence-corrected chi connectivity index (χ0v) is 16.6. The van der Waals surface area contributed by atoms with Gasteiger partial charge in [0.1, 0.15) is 17.7 Å². The summed E-state index contributed by atoms with van der Waals surface area (Å²) in [6, 6.07) is 4.70. The number of nitrogens with zero attached hydrogens (tertiary/aromatic N) is 3. The van der Waals surface area contributed by atoms with Crippen LogP contribution in [-0.4, -0.2) is 47.5 Å². The number of aryl methyl sites for hydroxylation is 1. The van der Waals surface area contributed by atoms with Crippen molar-refractivity contribution in [2.45, 2.75) is 57.2 Å². The molecule has 26 heavy (non-hydrogen) atoms. The summed E-state index contributed by atoms with van der Waals surface area (Å²) in [5.74, 6) is 1.65. The third kappa shape index (κ3) is 4.76. The maximum atomic E-state index is 9.71. The van der Waals surface area contributed by atoms with Crippen molar-refractivity contribution in [3.05, 3.63) is 34.0 Å². The summed E-state index contributed by atoms with van der Waals surface area (Å²) in [6.07, 6.45) is 6.88. The molecule has 0 aromatic carbocycles. The summed E-state index contributed by atoms with van der Waals surface area (Å²) in [4.78, 5) is 8.66. The van der Waals surface area contributed by atoms with Crippen LogP contribution in [0.1, 0.15) is 49.2 Å². The highest BCUT2D eigenvalue weighted by Crippen LogP contribution is 2.26. The van der Waals surface area contributed by atoms with Crippen LogP contribution in [0.2, 0.25) is 0 Å². The summed E-state index contributed by atoms with van der Waals surface area (Å²) >= 11 is 3.37. The van der Waals surface area contributed by atoms with E-state index >= 15 is 0 Å². The Labute approximate surface area is 162 Å². The summed E-state index contributed by atoms with van der Waals surface area (Å²) in [5, 5.41) is 22.1. The van der Waals surface area contributed by atoms with E-state index in [2.05, 4.69) is 31.1 Å². The molecule has 6 nitrogen and oxygen atoms in total. The van der Waals surface area contributed by atoms with Crippen molar-refractivity contribution in [2.75, 3.05) is 13.1 Å². The second-order valence-electron chi connectivity index (χ2n) is 7.11. The zero-order chi connectivity index (χ0) is 18.5. The first-order valence-electron chi connectivity index (χ1n) is 9.12. The molecule has 1 aliphatic carbocycles. The van der Waals surface area contributed by atoms with Crippen LogP contribution in [0.5, 0.6) is 0 Å². The predicted octanol–water partition coefficient (Wildman–Crippen LogP) is 3.04. The molecule has 1 aliphatic heterocycles. The van der Waals surface area contributed by atoms with Crippen molar-refractivity contribution in [2.24, 2.45) is 4.99 Å². The fourth-order valence-corrected chi connectivity index (χ4v) is 4.05. The van der Waals surface area contributed by atoms with Gasteiger partial charge in [-0.25, -0.2) is 4.99 Å². The van der Waals surface area contributed by atoms with Crippen LogP contribution in [0.15, 0.2) is 26.3 Å². The van der Waals surface area contributed by atoms with Crippen LogP contribution in [0.25, 0.3) is 0 Å². The minimum atomic E-state index is -0.144. The van der Waals surface area contributed by atoms with Gasteiger partial charge < -0.3 is 14.8 Å². The van der Waals surface area contributed by atoms with E-state index in [4.69, 9.17) is 9.68 Å². The number of furan rings is 1. The molecule has 2 aliphatic rings.